The lowest BCUT2D eigenvalue weighted by atomic mass is 9.95. The fourth-order valence-electron chi connectivity index (χ4n) is 2.56. The molecule has 0 aromatic heterocycles. The van der Waals surface area contributed by atoms with Crippen LogP contribution in [-0.4, -0.2) is 12.6 Å². The van der Waals surface area contributed by atoms with Crippen LogP contribution in [0.4, 0.5) is 0 Å². The molecule has 0 bridgehead atoms. The maximum atomic E-state index is 3.69. The number of hydrogen-bond donors (Lipinski definition) is 1. The van der Waals surface area contributed by atoms with Gasteiger partial charge in [-0.1, -0.05) is 47.3 Å². The molecule has 2 rings (SSSR count). The Labute approximate surface area is 113 Å². The highest BCUT2D eigenvalue weighted by Crippen LogP contribution is 2.17. The van der Waals surface area contributed by atoms with E-state index in [9.17, 15) is 0 Å². The van der Waals surface area contributed by atoms with Crippen molar-refractivity contribution in [3.05, 3.63) is 34.3 Å². The molecule has 0 aliphatic heterocycles. The predicted octanol–water partition coefficient (Wildman–Crippen LogP) is 4.30. The van der Waals surface area contributed by atoms with Gasteiger partial charge in [-0.15, -0.1) is 0 Å². The lowest BCUT2D eigenvalue weighted by Crippen LogP contribution is -2.31. The maximum Gasteiger partial charge on any atom is 0.0175 e. The van der Waals surface area contributed by atoms with E-state index < -0.39 is 0 Å². The third-order valence-electron chi connectivity index (χ3n) is 3.59. The fourth-order valence-corrected chi connectivity index (χ4v) is 2.82. The molecule has 0 heterocycles. The normalized spacial score (nSPS) is 17.2. The quantitative estimate of drug-likeness (QED) is 0.799. The minimum Gasteiger partial charge on any atom is -0.314 e. The lowest BCUT2D eigenvalue weighted by molar-refractivity contribution is 0.372. The zero-order valence-corrected chi connectivity index (χ0v) is 12.0. The SMILES string of the molecule is Brc1ccc(CCCNC2CCCCC2)cc1. The van der Waals surface area contributed by atoms with Crippen molar-refractivity contribution in [2.75, 3.05) is 6.54 Å². The standard InChI is InChI=1S/C15H22BrN/c16-14-10-8-13(9-11-14)5-4-12-17-15-6-2-1-3-7-15/h8-11,15,17H,1-7,12H2. The summed E-state index contributed by atoms with van der Waals surface area (Å²) in [5.41, 5.74) is 1.44. The van der Waals surface area contributed by atoms with Crippen LogP contribution >= 0.6 is 15.9 Å². The van der Waals surface area contributed by atoms with E-state index in [0.717, 1.165) is 6.04 Å². The molecule has 1 fully saturated rings. The van der Waals surface area contributed by atoms with Crippen LogP contribution in [-0.2, 0) is 6.42 Å². The molecular formula is C15H22BrN. The van der Waals surface area contributed by atoms with E-state index in [2.05, 4.69) is 45.5 Å². The Hall–Kier alpha value is -0.340. The molecule has 1 nitrogen and oxygen atoms in total. The Morgan fingerprint density at radius 3 is 2.47 bits per heavy atom. The summed E-state index contributed by atoms with van der Waals surface area (Å²) in [6.07, 6.45) is 9.49. The predicted molar refractivity (Wildman–Crippen MR) is 77.3 cm³/mol. The summed E-state index contributed by atoms with van der Waals surface area (Å²) in [4.78, 5) is 0. The number of aryl methyl sites for hydroxylation is 1. The highest BCUT2D eigenvalue weighted by molar-refractivity contribution is 9.10. The van der Waals surface area contributed by atoms with Crippen molar-refractivity contribution in [2.24, 2.45) is 0 Å². The monoisotopic (exact) mass is 295 g/mol. The Morgan fingerprint density at radius 2 is 1.76 bits per heavy atom. The van der Waals surface area contributed by atoms with Crippen molar-refractivity contribution in [3.63, 3.8) is 0 Å². The highest BCUT2D eigenvalue weighted by atomic mass is 79.9. The molecule has 1 saturated carbocycles. The first-order chi connectivity index (χ1) is 8.34. The van der Waals surface area contributed by atoms with Gasteiger partial charge in [0.25, 0.3) is 0 Å². The molecule has 1 N–H and O–H groups in total. The molecule has 0 atom stereocenters. The number of halogens is 1. The average molecular weight is 296 g/mol. The molecule has 0 unspecified atom stereocenters. The minimum absolute atomic E-state index is 0.800. The molecule has 0 spiro atoms. The summed E-state index contributed by atoms with van der Waals surface area (Å²) in [6.45, 7) is 1.17. The fraction of sp³-hybridized carbons (Fsp3) is 0.600. The molecule has 0 saturated heterocycles. The highest BCUT2D eigenvalue weighted by Gasteiger charge is 2.11. The number of nitrogens with one attached hydrogen (secondary N) is 1. The summed E-state index contributed by atoms with van der Waals surface area (Å²) < 4.78 is 1.17. The van der Waals surface area contributed by atoms with Crippen molar-refractivity contribution >= 4 is 15.9 Å². The van der Waals surface area contributed by atoms with Crippen LogP contribution in [0.3, 0.4) is 0 Å². The van der Waals surface area contributed by atoms with Crippen molar-refractivity contribution in [2.45, 2.75) is 51.0 Å². The van der Waals surface area contributed by atoms with Crippen LogP contribution in [0, 0.1) is 0 Å². The second-order valence-electron chi connectivity index (χ2n) is 5.02. The van der Waals surface area contributed by atoms with Gasteiger partial charge < -0.3 is 5.32 Å². The Balaban J connectivity index is 1.60. The van der Waals surface area contributed by atoms with Gasteiger partial charge in [-0.3, -0.25) is 0 Å². The van der Waals surface area contributed by atoms with E-state index in [1.807, 2.05) is 0 Å². The van der Waals surface area contributed by atoms with Crippen LogP contribution in [0.15, 0.2) is 28.7 Å². The van der Waals surface area contributed by atoms with E-state index in [4.69, 9.17) is 0 Å². The van der Waals surface area contributed by atoms with Crippen LogP contribution < -0.4 is 5.32 Å². The topological polar surface area (TPSA) is 12.0 Å². The molecule has 94 valence electrons. The largest absolute Gasteiger partial charge is 0.314 e. The minimum atomic E-state index is 0.800. The molecular weight excluding hydrogens is 274 g/mol. The first-order valence-electron chi connectivity index (χ1n) is 6.82. The van der Waals surface area contributed by atoms with Gasteiger partial charge in [-0.25, -0.2) is 0 Å². The van der Waals surface area contributed by atoms with Gasteiger partial charge in [-0.2, -0.15) is 0 Å². The Bertz CT molecular complexity index is 314. The van der Waals surface area contributed by atoms with Gasteiger partial charge in [-0.05, 0) is 49.9 Å². The van der Waals surface area contributed by atoms with Gasteiger partial charge in [0.2, 0.25) is 0 Å². The zero-order valence-electron chi connectivity index (χ0n) is 10.4. The zero-order chi connectivity index (χ0) is 11.9. The van der Waals surface area contributed by atoms with E-state index in [1.54, 1.807) is 0 Å². The summed E-state index contributed by atoms with van der Waals surface area (Å²) in [7, 11) is 0. The molecule has 1 aromatic carbocycles. The summed E-state index contributed by atoms with van der Waals surface area (Å²) >= 11 is 3.47. The van der Waals surface area contributed by atoms with Crippen molar-refractivity contribution in [1.29, 1.82) is 0 Å². The molecule has 0 radical (unpaired) electrons. The van der Waals surface area contributed by atoms with Gasteiger partial charge in [0.1, 0.15) is 0 Å². The van der Waals surface area contributed by atoms with Gasteiger partial charge in [0, 0.05) is 10.5 Å². The summed E-state index contributed by atoms with van der Waals surface area (Å²) in [6, 6.07) is 9.48. The van der Waals surface area contributed by atoms with E-state index in [1.165, 1.54) is 61.5 Å². The number of hydrogen-bond acceptors (Lipinski definition) is 1. The second-order valence-corrected chi connectivity index (χ2v) is 5.93. The maximum absolute atomic E-state index is 3.69. The molecule has 17 heavy (non-hydrogen) atoms. The molecule has 2 heteroatoms. The first-order valence-corrected chi connectivity index (χ1v) is 7.62. The number of benzene rings is 1. The molecule has 0 amide bonds. The van der Waals surface area contributed by atoms with Crippen LogP contribution in [0.1, 0.15) is 44.1 Å². The van der Waals surface area contributed by atoms with E-state index in [-0.39, 0.29) is 0 Å². The average Bonchev–Trinajstić information content (AvgIpc) is 2.38. The smallest absolute Gasteiger partial charge is 0.0175 e. The van der Waals surface area contributed by atoms with Crippen molar-refractivity contribution in [3.8, 4) is 0 Å². The Kier molecular flexibility index (Phi) is 5.53. The van der Waals surface area contributed by atoms with Crippen molar-refractivity contribution < 1.29 is 0 Å². The first kappa shape index (κ1) is 13.1. The summed E-state index contributed by atoms with van der Waals surface area (Å²) in [5.74, 6) is 0. The van der Waals surface area contributed by atoms with E-state index in [0.29, 0.717) is 0 Å². The lowest BCUT2D eigenvalue weighted by Gasteiger charge is -2.22. The Morgan fingerprint density at radius 1 is 1.06 bits per heavy atom. The third-order valence-corrected chi connectivity index (χ3v) is 4.12. The van der Waals surface area contributed by atoms with Gasteiger partial charge in [0.15, 0.2) is 0 Å². The number of rotatable bonds is 5. The van der Waals surface area contributed by atoms with Crippen LogP contribution in [0.25, 0.3) is 0 Å². The van der Waals surface area contributed by atoms with Gasteiger partial charge >= 0.3 is 0 Å². The summed E-state index contributed by atoms with van der Waals surface area (Å²) in [5, 5.41) is 3.69. The molecule has 1 aliphatic carbocycles. The van der Waals surface area contributed by atoms with Gasteiger partial charge in [0.05, 0.1) is 0 Å². The van der Waals surface area contributed by atoms with Crippen LogP contribution in [0.5, 0.6) is 0 Å². The molecule has 1 aliphatic rings. The second kappa shape index (κ2) is 7.17. The van der Waals surface area contributed by atoms with Crippen molar-refractivity contribution in [1.82, 2.24) is 5.32 Å². The molecule has 1 aromatic rings. The van der Waals surface area contributed by atoms with Crippen LogP contribution in [0.2, 0.25) is 0 Å². The van der Waals surface area contributed by atoms with E-state index >= 15 is 0 Å². The third kappa shape index (κ3) is 4.81.